The molecule has 9 heteroatoms. The van der Waals surface area contributed by atoms with Gasteiger partial charge in [-0.25, -0.2) is 9.79 Å². The van der Waals surface area contributed by atoms with Crippen molar-refractivity contribution < 1.29 is 18.7 Å². The Morgan fingerprint density at radius 3 is 2.63 bits per heavy atom. The van der Waals surface area contributed by atoms with E-state index in [4.69, 9.17) is 25.5 Å². The second-order valence-corrected chi connectivity index (χ2v) is 10.2. The van der Waals surface area contributed by atoms with E-state index in [9.17, 15) is 9.59 Å². The summed E-state index contributed by atoms with van der Waals surface area (Å²) in [6, 6.07) is 15.8. The van der Waals surface area contributed by atoms with Gasteiger partial charge in [-0.1, -0.05) is 41.1 Å². The summed E-state index contributed by atoms with van der Waals surface area (Å²) in [4.78, 5) is 31.9. The van der Waals surface area contributed by atoms with Gasteiger partial charge in [0.25, 0.3) is 5.56 Å². The predicted molar refractivity (Wildman–Crippen MR) is 147 cm³/mol. The number of rotatable bonds is 6. The van der Waals surface area contributed by atoms with Crippen LogP contribution in [0.25, 0.3) is 17.4 Å². The molecule has 5 rings (SSSR count). The molecule has 194 valence electrons. The first-order chi connectivity index (χ1) is 18.3. The van der Waals surface area contributed by atoms with Crippen LogP contribution in [0.1, 0.15) is 36.8 Å². The number of carbonyl (C=O) groups is 1. The maximum absolute atomic E-state index is 13.8. The smallest absolute Gasteiger partial charge is 0.338 e. The number of carbonyl (C=O) groups excluding carboxylic acids is 1. The van der Waals surface area contributed by atoms with Crippen molar-refractivity contribution in [3.8, 4) is 17.1 Å². The highest BCUT2D eigenvalue weighted by molar-refractivity contribution is 7.07. The van der Waals surface area contributed by atoms with E-state index < -0.39 is 12.0 Å². The van der Waals surface area contributed by atoms with Gasteiger partial charge in [0.05, 0.1) is 35.6 Å². The molecule has 1 aliphatic rings. The van der Waals surface area contributed by atoms with Crippen LogP contribution in [0.4, 0.5) is 0 Å². The van der Waals surface area contributed by atoms with Gasteiger partial charge in [-0.2, -0.15) is 0 Å². The van der Waals surface area contributed by atoms with Crippen LogP contribution in [0.15, 0.2) is 80.1 Å². The monoisotopic (exact) mass is 548 g/mol. The molecule has 0 saturated heterocycles. The zero-order valence-electron chi connectivity index (χ0n) is 21.3. The van der Waals surface area contributed by atoms with Crippen LogP contribution in [0, 0.1) is 6.92 Å². The molecular weight excluding hydrogens is 524 g/mol. The standard InChI is InChI=1S/C29H25ClN2O5S/c1-5-36-28(34)25-17(3)31-29-32(26(25)18-7-10-20(35-4)11-8-18)27(33)24(38-29)15-21-12-13-23(37-21)22-14-19(30)9-6-16(22)2/h6-15,26H,5H2,1-4H3/b24-15+/t26-/m1/s1. The normalized spacial score (nSPS) is 15.3. The van der Waals surface area contributed by atoms with E-state index in [0.29, 0.717) is 42.9 Å². The number of hydrogen-bond donors (Lipinski definition) is 0. The van der Waals surface area contributed by atoms with E-state index in [-0.39, 0.29) is 12.2 Å². The molecule has 2 aromatic carbocycles. The molecule has 0 N–H and O–H groups in total. The Kier molecular flexibility index (Phi) is 7.10. The van der Waals surface area contributed by atoms with E-state index >= 15 is 0 Å². The number of fused-ring (bicyclic) bond motifs is 1. The molecule has 4 aromatic rings. The lowest BCUT2D eigenvalue weighted by Gasteiger charge is -2.24. The van der Waals surface area contributed by atoms with Crippen molar-refractivity contribution in [2.45, 2.75) is 26.8 Å². The quantitative estimate of drug-likeness (QED) is 0.316. The average molecular weight is 549 g/mol. The van der Waals surface area contributed by atoms with Gasteiger partial charge in [-0.05, 0) is 68.3 Å². The highest BCUT2D eigenvalue weighted by Gasteiger charge is 2.33. The van der Waals surface area contributed by atoms with Crippen molar-refractivity contribution in [2.24, 2.45) is 4.99 Å². The Morgan fingerprint density at radius 2 is 1.92 bits per heavy atom. The molecule has 7 nitrogen and oxygen atoms in total. The summed E-state index contributed by atoms with van der Waals surface area (Å²) in [5.41, 5.74) is 3.21. The maximum Gasteiger partial charge on any atom is 0.338 e. The summed E-state index contributed by atoms with van der Waals surface area (Å²) in [7, 11) is 1.58. The third-order valence-electron chi connectivity index (χ3n) is 6.31. The molecule has 0 fully saturated rings. The number of halogens is 1. The fraction of sp³-hybridized carbons (Fsp3) is 0.207. The van der Waals surface area contributed by atoms with Gasteiger partial charge < -0.3 is 13.9 Å². The molecule has 3 heterocycles. The number of methoxy groups -OCH3 is 1. The van der Waals surface area contributed by atoms with Crippen LogP contribution in [0.5, 0.6) is 5.75 Å². The van der Waals surface area contributed by atoms with E-state index in [0.717, 1.165) is 16.7 Å². The summed E-state index contributed by atoms with van der Waals surface area (Å²) in [5.74, 6) is 1.34. The molecule has 1 atom stereocenters. The highest BCUT2D eigenvalue weighted by Crippen LogP contribution is 2.32. The van der Waals surface area contributed by atoms with E-state index in [1.807, 2.05) is 49.4 Å². The fourth-order valence-corrected chi connectivity index (χ4v) is 5.66. The van der Waals surface area contributed by atoms with Crippen LogP contribution >= 0.6 is 22.9 Å². The summed E-state index contributed by atoms with van der Waals surface area (Å²) in [6.07, 6.45) is 1.70. The molecule has 0 radical (unpaired) electrons. The first-order valence-electron chi connectivity index (χ1n) is 12.0. The number of esters is 1. The summed E-state index contributed by atoms with van der Waals surface area (Å²) in [6.45, 7) is 5.69. The Hall–Kier alpha value is -3.88. The number of ether oxygens (including phenoxy) is 2. The van der Waals surface area contributed by atoms with Crippen molar-refractivity contribution in [1.29, 1.82) is 0 Å². The van der Waals surface area contributed by atoms with Crippen LogP contribution in [0.2, 0.25) is 5.02 Å². The number of nitrogens with zero attached hydrogens (tertiary/aromatic N) is 2. The summed E-state index contributed by atoms with van der Waals surface area (Å²) >= 11 is 7.42. The molecule has 0 unspecified atom stereocenters. The topological polar surface area (TPSA) is 83.0 Å². The third-order valence-corrected chi connectivity index (χ3v) is 7.53. The number of allylic oxidation sites excluding steroid dienone is 1. The zero-order chi connectivity index (χ0) is 27.0. The van der Waals surface area contributed by atoms with E-state index in [2.05, 4.69) is 4.99 Å². The minimum Gasteiger partial charge on any atom is -0.497 e. The van der Waals surface area contributed by atoms with Crippen molar-refractivity contribution >= 4 is 35.0 Å². The van der Waals surface area contributed by atoms with Gasteiger partial charge in [0.15, 0.2) is 4.80 Å². The summed E-state index contributed by atoms with van der Waals surface area (Å²) in [5, 5.41) is 0.614. The SMILES string of the molecule is CCOC(=O)C1=C(C)N=c2s/c(=C/c3ccc(-c4cc(Cl)ccc4C)o3)c(=O)n2[C@@H]1c1ccc(OC)cc1. The third kappa shape index (κ3) is 4.73. The van der Waals surface area contributed by atoms with Crippen LogP contribution in [0.3, 0.4) is 0 Å². The second kappa shape index (κ2) is 10.5. The number of aromatic nitrogens is 1. The first-order valence-corrected chi connectivity index (χ1v) is 13.2. The van der Waals surface area contributed by atoms with Crippen LogP contribution in [-0.4, -0.2) is 24.3 Å². The Balaban J connectivity index is 1.64. The van der Waals surface area contributed by atoms with Gasteiger partial charge in [0.1, 0.15) is 17.3 Å². The number of aryl methyl sites for hydroxylation is 1. The molecule has 0 amide bonds. The molecule has 38 heavy (non-hydrogen) atoms. The highest BCUT2D eigenvalue weighted by atomic mass is 35.5. The molecule has 0 spiro atoms. The lowest BCUT2D eigenvalue weighted by Crippen LogP contribution is -2.39. The van der Waals surface area contributed by atoms with Crippen molar-refractivity contribution in [1.82, 2.24) is 4.57 Å². The molecular formula is C29H25ClN2O5S. The molecule has 0 bridgehead atoms. The lowest BCUT2D eigenvalue weighted by molar-refractivity contribution is -0.139. The zero-order valence-corrected chi connectivity index (χ0v) is 22.9. The summed E-state index contributed by atoms with van der Waals surface area (Å²) < 4.78 is 18.7. The van der Waals surface area contributed by atoms with Gasteiger partial charge in [-0.15, -0.1) is 0 Å². The Bertz CT molecular complexity index is 1740. The largest absolute Gasteiger partial charge is 0.497 e. The van der Waals surface area contributed by atoms with Crippen molar-refractivity contribution in [2.75, 3.05) is 13.7 Å². The van der Waals surface area contributed by atoms with Gasteiger partial charge in [0.2, 0.25) is 0 Å². The van der Waals surface area contributed by atoms with Gasteiger partial charge >= 0.3 is 5.97 Å². The minimum absolute atomic E-state index is 0.211. The molecule has 1 aliphatic heterocycles. The number of hydrogen-bond acceptors (Lipinski definition) is 7. The Labute approximate surface area is 227 Å². The number of thiazole rings is 1. The molecule has 2 aromatic heterocycles. The van der Waals surface area contributed by atoms with Gasteiger partial charge in [-0.3, -0.25) is 9.36 Å². The van der Waals surface area contributed by atoms with E-state index in [1.165, 1.54) is 11.3 Å². The molecule has 0 saturated carbocycles. The lowest BCUT2D eigenvalue weighted by atomic mass is 9.96. The van der Waals surface area contributed by atoms with Crippen molar-refractivity contribution in [3.63, 3.8) is 0 Å². The minimum atomic E-state index is -0.695. The maximum atomic E-state index is 13.8. The number of furan rings is 1. The predicted octanol–water partition coefficient (Wildman–Crippen LogP) is 5.03. The fourth-order valence-electron chi connectivity index (χ4n) is 4.46. The van der Waals surface area contributed by atoms with Crippen LogP contribution < -0.4 is 19.6 Å². The van der Waals surface area contributed by atoms with Crippen LogP contribution in [-0.2, 0) is 9.53 Å². The van der Waals surface area contributed by atoms with E-state index in [1.54, 1.807) is 43.7 Å². The average Bonchev–Trinajstić information content (AvgIpc) is 3.49. The Morgan fingerprint density at radius 1 is 1.16 bits per heavy atom. The second-order valence-electron chi connectivity index (χ2n) is 8.74. The number of benzene rings is 2. The van der Waals surface area contributed by atoms with Gasteiger partial charge in [0, 0.05) is 16.7 Å². The van der Waals surface area contributed by atoms with Crippen molar-refractivity contribution in [3.05, 3.63) is 107 Å². The molecule has 0 aliphatic carbocycles. The first kappa shape index (κ1) is 25.8.